The first-order chi connectivity index (χ1) is 19.3. The molecule has 0 aliphatic heterocycles. The zero-order valence-corrected chi connectivity index (χ0v) is 24.8. The molecular weight excluding hydrogens is 543 g/mol. The zero-order valence-electron chi connectivity index (χ0n) is 23.2. The highest BCUT2D eigenvalue weighted by Crippen LogP contribution is 2.27. The number of nitrogens with one attached hydrogen (secondary N) is 1. The molecule has 1 unspecified atom stereocenters. The molecule has 3 aromatic carbocycles. The Morgan fingerprint density at radius 3 is 2.30 bits per heavy atom. The summed E-state index contributed by atoms with van der Waals surface area (Å²) in [7, 11) is 0. The van der Waals surface area contributed by atoms with Gasteiger partial charge in [-0.3, -0.25) is 9.59 Å². The van der Waals surface area contributed by atoms with Crippen LogP contribution in [0.2, 0.25) is 10.0 Å². The average molecular weight is 582 g/mol. The molecule has 3 aromatic rings. The molecule has 0 radical (unpaired) electrons. The number of carbonyl (C=O) groups is 2. The van der Waals surface area contributed by atoms with E-state index in [9.17, 15) is 9.59 Å². The van der Waals surface area contributed by atoms with E-state index in [-0.39, 0.29) is 36.9 Å². The average Bonchev–Trinajstić information content (AvgIpc) is 2.96. The Hall–Kier alpha value is -3.02. The van der Waals surface area contributed by atoms with E-state index in [1.165, 1.54) is 6.42 Å². The summed E-state index contributed by atoms with van der Waals surface area (Å²) in [4.78, 5) is 29.5. The van der Waals surface area contributed by atoms with Crippen LogP contribution >= 0.6 is 23.2 Å². The number of hydrogen-bond acceptors (Lipinski definition) is 3. The largest absolute Gasteiger partial charge is 0.483 e. The summed E-state index contributed by atoms with van der Waals surface area (Å²) in [5.74, 6) is 0.494. The van der Waals surface area contributed by atoms with Crippen molar-refractivity contribution in [2.24, 2.45) is 0 Å². The second-order valence-corrected chi connectivity index (χ2v) is 11.6. The van der Waals surface area contributed by atoms with E-state index in [4.69, 9.17) is 27.9 Å². The van der Waals surface area contributed by atoms with Crippen LogP contribution in [0.5, 0.6) is 5.75 Å². The summed E-state index contributed by atoms with van der Waals surface area (Å²) in [6.07, 6.45) is 5.69. The van der Waals surface area contributed by atoms with E-state index in [1.807, 2.05) is 60.7 Å². The quantitative estimate of drug-likeness (QED) is 0.254. The number of benzene rings is 3. The second-order valence-electron chi connectivity index (χ2n) is 10.8. The van der Waals surface area contributed by atoms with Crippen molar-refractivity contribution in [2.75, 3.05) is 6.61 Å². The van der Waals surface area contributed by atoms with E-state index in [2.05, 4.69) is 19.2 Å². The Kier molecular flexibility index (Phi) is 10.9. The molecule has 0 spiro atoms. The van der Waals surface area contributed by atoms with Crippen LogP contribution in [0, 0.1) is 0 Å². The van der Waals surface area contributed by atoms with Crippen LogP contribution in [0.25, 0.3) is 0 Å². The summed E-state index contributed by atoms with van der Waals surface area (Å²) in [5.41, 5.74) is 2.79. The zero-order chi connectivity index (χ0) is 28.5. The number of hydrogen-bond donors (Lipinski definition) is 1. The van der Waals surface area contributed by atoms with Crippen molar-refractivity contribution in [3.05, 3.63) is 99.5 Å². The predicted octanol–water partition coefficient (Wildman–Crippen LogP) is 7.58. The topological polar surface area (TPSA) is 58.6 Å². The molecule has 4 rings (SSSR count). The summed E-state index contributed by atoms with van der Waals surface area (Å²) >= 11 is 12.5. The summed E-state index contributed by atoms with van der Waals surface area (Å²) in [6.45, 7) is 4.19. The molecule has 1 atom stereocenters. The van der Waals surface area contributed by atoms with Gasteiger partial charge in [-0.2, -0.15) is 0 Å². The first-order valence-electron chi connectivity index (χ1n) is 14.1. The van der Waals surface area contributed by atoms with Gasteiger partial charge in [-0.15, -0.1) is 0 Å². The van der Waals surface area contributed by atoms with Crippen LogP contribution in [0.15, 0.2) is 72.8 Å². The van der Waals surface area contributed by atoms with Crippen LogP contribution in [-0.2, 0) is 22.6 Å². The molecule has 2 amide bonds. The highest BCUT2D eigenvalue weighted by atomic mass is 35.5. The van der Waals surface area contributed by atoms with Gasteiger partial charge in [-0.25, -0.2) is 0 Å². The van der Waals surface area contributed by atoms with E-state index in [0.29, 0.717) is 22.2 Å². The molecule has 0 bridgehead atoms. The van der Waals surface area contributed by atoms with E-state index in [0.717, 1.165) is 42.4 Å². The lowest BCUT2D eigenvalue weighted by Crippen LogP contribution is -2.53. The predicted molar refractivity (Wildman–Crippen MR) is 162 cm³/mol. The number of para-hydroxylation sites is 1. The standard InChI is InChI=1S/C33H38Cl2N2O3/c1-23(2)27-15-9-10-16-31(27)40-22-32(38)37(21-25-17-18-28(34)29(35)19-25)30(20-24-11-5-3-6-12-24)33(39)36-26-13-7-4-8-14-26/h3,5-6,9-12,15-19,23,26,30H,4,7-8,13-14,20-22H2,1-2H3,(H,36,39). The van der Waals surface area contributed by atoms with Gasteiger partial charge in [0.2, 0.25) is 5.91 Å². The van der Waals surface area contributed by atoms with Gasteiger partial charge in [-0.1, -0.05) is 111 Å². The highest BCUT2D eigenvalue weighted by molar-refractivity contribution is 6.42. The molecule has 40 heavy (non-hydrogen) atoms. The Morgan fingerprint density at radius 2 is 1.60 bits per heavy atom. The number of halogens is 2. The summed E-state index contributed by atoms with van der Waals surface area (Å²) in [6, 6.07) is 22.2. The van der Waals surface area contributed by atoms with Crippen molar-refractivity contribution in [1.82, 2.24) is 10.2 Å². The normalized spacial score (nSPS) is 14.5. The lowest BCUT2D eigenvalue weighted by molar-refractivity contribution is -0.143. The minimum absolute atomic E-state index is 0.121. The fourth-order valence-electron chi connectivity index (χ4n) is 5.24. The number of nitrogens with zero attached hydrogens (tertiary/aromatic N) is 1. The molecule has 0 heterocycles. The van der Waals surface area contributed by atoms with E-state index < -0.39 is 6.04 Å². The van der Waals surface area contributed by atoms with Crippen LogP contribution in [0.4, 0.5) is 0 Å². The highest BCUT2D eigenvalue weighted by Gasteiger charge is 2.32. The Labute approximate surface area is 247 Å². The van der Waals surface area contributed by atoms with Crippen molar-refractivity contribution in [1.29, 1.82) is 0 Å². The SMILES string of the molecule is CC(C)c1ccccc1OCC(=O)N(Cc1ccc(Cl)c(Cl)c1)C(Cc1ccccc1)C(=O)NC1CCCCC1. The maximum absolute atomic E-state index is 13.9. The molecular formula is C33H38Cl2N2O3. The first-order valence-corrected chi connectivity index (χ1v) is 14.9. The Balaban J connectivity index is 1.64. The maximum Gasteiger partial charge on any atom is 0.261 e. The third-order valence-electron chi connectivity index (χ3n) is 7.45. The molecule has 7 heteroatoms. The minimum atomic E-state index is -0.727. The maximum atomic E-state index is 13.9. The van der Waals surface area contributed by atoms with Crippen LogP contribution in [-0.4, -0.2) is 35.4 Å². The van der Waals surface area contributed by atoms with E-state index >= 15 is 0 Å². The lowest BCUT2D eigenvalue weighted by atomic mass is 9.94. The van der Waals surface area contributed by atoms with Gasteiger partial charge >= 0.3 is 0 Å². The fourth-order valence-corrected chi connectivity index (χ4v) is 5.56. The first kappa shape index (κ1) is 30.0. The third kappa shape index (κ3) is 8.25. The van der Waals surface area contributed by atoms with Crippen LogP contribution < -0.4 is 10.1 Å². The number of amides is 2. The Morgan fingerprint density at radius 1 is 0.900 bits per heavy atom. The molecule has 0 aromatic heterocycles. The van der Waals surface area contributed by atoms with Gasteiger partial charge in [-0.05, 0) is 53.6 Å². The lowest BCUT2D eigenvalue weighted by Gasteiger charge is -2.33. The van der Waals surface area contributed by atoms with Crippen molar-refractivity contribution in [3.8, 4) is 5.75 Å². The number of ether oxygens (including phenoxy) is 1. The van der Waals surface area contributed by atoms with Gasteiger partial charge in [0.1, 0.15) is 11.8 Å². The van der Waals surface area contributed by atoms with Gasteiger partial charge in [0.05, 0.1) is 10.0 Å². The van der Waals surface area contributed by atoms with Crippen molar-refractivity contribution in [2.45, 2.75) is 76.9 Å². The third-order valence-corrected chi connectivity index (χ3v) is 8.19. The van der Waals surface area contributed by atoms with E-state index in [1.54, 1.807) is 17.0 Å². The smallest absolute Gasteiger partial charge is 0.261 e. The second kappa shape index (κ2) is 14.6. The van der Waals surface area contributed by atoms with Gasteiger partial charge < -0.3 is 15.0 Å². The van der Waals surface area contributed by atoms with Gasteiger partial charge in [0.25, 0.3) is 5.91 Å². The molecule has 1 fully saturated rings. The van der Waals surface area contributed by atoms with Crippen LogP contribution in [0.1, 0.15) is 68.6 Å². The molecule has 1 aliphatic carbocycles. The van der Waals surface area contributed by atoms with Crippen molar-refractivity contribution in [3.63, 3.8) is 0 Å². The van der Waals surface area contributed by atoms with Crippen LogP contribution in [0.3, 0.4) is 0 Å². The molecule has 0 saturated heterocycles. The van der Waals surface area contributed by atoms with Gasteiger partial charge in [0.15, 0.2) is 6.61 Å². The van der Waals surface area contributed by atoms with Gasteiger partial charge in [0, 0.05) is 19.0 Å². The monoisotopic (exact) mass is 580 g/mol. The number of carbonyl (C=O) groups excluding carboxylic acids is 2. The summed E-state index contributed by atoms with van der Waals surface area (Å²) in [5, 5.41) is 4.10. The summed E-state index contributed by atoms with van der Waals surface area (Å²) < 4.78 is 6.08. The number of rotatable bonds is 11. The molecule has 1 saturated carbocycles. The molecule has 212 valence electrons. The van der Waals surface area contributed by atoms with Crippen molar-refractivity contribution < 1.29 is 14.3 Å². The van der Waals surface area contributed by atoms with Crippen molar-refractivity contribution >= 4 is 35.0 Å². The fraction of sp³-hybridized carbons (Fsp3) is 0.394. The minimum Gasteiger partial charge on any atom is -0.483 e. The molecule has 5 nitrogen and oxygen atoms in total. The molecule has 1 aliphatic rings. The molecule has 1 N–H and O–H groups in total. The Bertz CT molecular complexity index is 1280.